The normalized spacial score (nSPS) is 21.4. The molecule has 7 rings (SSSR count). The number of thiazole rings is 1. The monoisotopic (exact) mass is 790 g/mol. The summed E-state index contributed by atoms with van der Waals surface area (Å²) < 4.78 is 14.1. The van der Waals surface area contributed by atoms with Gasteiger partial charge in [0, 0.05) is 59.7 Å². The molecule has 4 amide bonds. The molecular formula is C36H35FN8O8S2. The van der Waals surface area contributed by atoms with Crippen LogP contribution in [-0.4, -0.2) is 90.2 Å². The number of β-lactam (4-membered cyclic amide) rings is 1. The number of aliphatic carboxylic acids is 1. The zero-order valence-corrected chi connectivity index (χ0v) is 30.6. The molecule has 2 saturated heterocycles. The van der Waals surface area contributed by atoms with Crippen LogP contribution in [-0.2, 0) is 28.8 Å². The van der Waals surface area contributed by atoms with Gasteiger partial charge in [-0.25, -0.2) is 14.2 Å². The first-order valence-electron chi connectivity index (χ1n) is 17.4. The summed E-state index contributed by atoms with van der Waals surface area (Å²) in [5, 5.41) is 33.4. The Kier molecular flexibility index (Phi) is 10.8. The van der Waals surface area contributed by atoms with Gasteiger partial charge in [0.25, 0.3) is 11.8 Å². The molecule has 1 aromatic carbocycles. The van der Waals surface area contributed by atoms with Gasteiger partial charge in [-0.2, -0.15) is 0 Å². The maximum atomic E-state index is 14.1. The summed E-state index contributed by atoms with van der Waals surface area (Å²) in [6.07, 6.45) is 6.23. The van der Waals surface area contributed by atoms with Gasteiger partial charge in [0.05, 0.1) is 0 Å². The predicted molar refractivity (Wildman–Crippen MR) is 199 cm³/mol. The first-order chi connectivity index (χ1) is 26.5. The topological polar surface area (TPSA) is 239 Å². The number of carboxylic acids is 1. The van der Waals surface area contributed by atoms with Gasteiger partial charge >= 0.3 is 5.97 Å². The van der Waals surface area contributed by atoms with E-state index in [-0.39, 0.29) is 75.9 Å². The first-order valence-corrected chi connectivity index (χ1v) is 19.3. The van der Waals surface area contributed by atoms with Gasteiger partial charge in [0.1, 0.15) is 28.9 Å². The number of carboxylic acid groups (broad SMARTS) is 1. The molecule has 0 radical (unpaired) electrons. The van der Waals surface area contributed by atoms with Crippen molar-refractivity contribution in [3.8, 4) is 5.75 Å². The van der Waals surface area contributed by atoms with Gasteiger partial charge in [-0.05, 0) is 67.0 Å². The van der Waals surface area contributed by atoms with E-state index >= 15 is 0 Å². The van der Waals surface area contributed by atoms with Crippen LogP contribution in [0.15, 0.2) is 75.7 Å². The van der Waals surface area contributed by atoms with Crippen molar-refractivity contribution in [2.24, 2.45) is 5.16 Å². The Balaban J connectivity index is 1.21. The molecule has 286 valence electrons. The van der Waals surface area contributed by atoms with E-state index in [9.17, 15) is 38.6 Å². The third kappa shape index (κ3) is 7.74. The molecule has 5 heterocycles. The molecule has 16 nitrogen and oxygen atoms in total. The number of phenolic OH excluding ortho intramolecular Hbond substituents is 1. The number of hydrogen-bond donors (Lipinski definition) is 6. The molecular weight excluding hydrogens is 756 g/mol. The molecule has 3 atom stereocenters. The minimum Gasteiger partial charge on any atom is -0.505 e. The number of halogens is 1. The number of hydrogen-bond acceptors (Lipinski definition) is 13. The predicted octanol–water partition coefficient (Wildman–Crippen LogP) is 3.00. The Morgan fingerprint density at radius 2 is 2.00 bits per heavy atom. The van der Waals surface area contributed by atoms with Crippen LogP contribution in [0.5, 0.6) is 5.75 Å². The van der Waals surface area contributed by atoms with Crippen molar-refractivity contribution < 1.29 is 43.4 Å². The minimum absolute atomic E-state index is 0.00945. The van der Waals surface area contributed by atoms with E-state index in [0.29, 0.717) is 5.56 Å². The number of nitrogens with zero attached hydrogens (tertiary/aromatic N) is 4. The highest BCUT2D eigenvalue weighted by molar-refractivity contribution is 8.00. The number of rotatable bonds is 12. The van der Waals surface area contributed by atoms with Crippen molar-refractivity contribution in [3.63, 3.8) is 0 Å². The fraction of sp³-hybridized carbons (Fsp3) is 0.333. The maximum absolute atomic E-state index is 14.1. The van der Waals surface area contributed by atoms with Gasteiger partial charge in [0.2, 0.25) is 11.8 Å². The number of allylic oxidation sites excluding steroid dienone is 1. The van der Waals surface area contributed by atoms with Gasteiger partial charge in [0.15, 0.2) is 22.4 Å². The Morgan fingerprint density at radius 3 is 2.65 bits per heavy atom. The van der Waals surface area contributed by atoms with Crippen LogP contribution in [0.3, 0.4) is 0 Å². The third-order valence-corrected chi connectivity index (χ3v) is 11.6. The molecule has 19 heteroatoms. The summed E-state index contributed by atoms with van der Waals surface area (Å²) in [5.41, 5.74) is 6.63. The number of carbonyl (C=O) groups is 5. The fourth-order valence-corrected chi connectivity index (χ4v) is 9.00. The number of thioether (sulfide) groups is 1. The van der Waals surface area contributed by atoms with Crippen LogP contribution < -0.4 is 21.7 Å². The van der Waals surface area contributed by atoms with Gasteiger partial charge in [-0.1, -0.05) is 11.2 Å². The van der Waals surface area contributed by atoms with Crippen molar-refractivity contribution in [1.29, 1.82) is 0 Å². The smallest absolute Gasteiger partial charge is 0.352 e. The quantitative estimate of drug-likeness (QED) is 0.0511. The number of oxime groups is 1. The molecule has 2 aromatic heterocycles. The highest BCUT2D eigenvalue weighted by Crippen LogP contribution is 2.47. The van der Waals surface area contributed by atoms with Crippen LogP contribution in [0.25, 0.3) is 0 Å². The number of nitrogens with one attached hydrogen (secondary N) is 3. The zero-order chi connectivity index (χ0) is 38.8. The molecule has 4 aliphatic rings. The number of amides is 4. The number of aromatic nitrogens is 2. The number of benzene rings is 1. The van der Waals surface area contributed by atoms with Gasteiger partial charge in [-0.3, -0.25) is 29.1 Å². The number of fused-ring (bicyclic) bond motifs is 1. The first kappa shape index (κ1) is 37.5. The SMILES string of the molecule is Nc1nc(C(=NOC2CCCC2)C(=O)N[C@@H]2C(=O)N3C(C(=O)O)=C(C(=C4CCNC4=O)C(CC(=O)Nc4ccc(O)c(F)c4)c4cccnc4)CS[C@H]23)cs1. The number of nitrogen functional groups attached to an aromatic ring is 1. The summed E-state index contributed by atoms with van der Waals surface area (Å²) in [7, 11) is 0. The van der Waals surface area contributed by atoms with E-state index < -0.39 is 58.5 Å². The molecule has 3 aromatic rings. The second kappa shape index (κ2) is 15.9. The van der Waals surface area contributed by atoms with Crippen LogP contribution in [0.2, 0.25) is 0 Å². The van der Waals surface area contributed by atoms with Crippen molar-refractivity contribution in [1.82, 2.24) is 25.5 Å². The summed E-state index contributed by atoms with van der Waals surface area (Å²) in [6, 6.07) is 5.53. The highest BCUT2D eigenvalue weighted by atomic mass is 32.2. The Hall–Kier alpha value is -5.82. The summed E-state index contributed by atoms with van der Waals surface area (Å²) in [4.78, 5) is 82.7. The van der Waals surface area contributed by atoms with E-state index in [1.807, 2.05) is 0 Å². The Bertz CT molecular complexity index is 2150. The standard InChI is InChI=1S/C36H35FN8O8S2/c37-23-12-18(7-8-25(23)46)41-26(47)13-21(17-4-3-10-39-14-17)27(20-9-11-40-31(20)48)22-15-54-34-29(33(50)45(34)30(22)35(51)52)43-32(49)28(24-16-55-36(38)42-24)44-53-19-5-1-2-6-19/h3-4,7-8,10,12,14,16,19,21,29,34,46H,1-2,5-6,9,11,13,15H2,(H2,38,42)(H,40,48)(H,41,47)(H,43,49)(H,51,52)/t21?,29-,34-/m1/s1. The number of phenols is 1. The van der Waals surface area contributed by atoms with E-state index in [0.717, 1.165) is 54.1 Å². The molecule has 1 aliphatic carbocycles. The Labute approximate surface area is 321 Å². The lowest BCUT2D eigenvalue weighted by atomic mass is 9.80. The fourth-order valence-electron chi connectivity index (χ4n) is 7.09. The molecule has 1 saturated carbocycles. The molecule has 7 N–H and O–H groups in total. The van der Waals surface area contributed by atoms with Crippen LogP contribution >= 0.6 is 23.1 Å². The van der Waals surface area contributed by atoms with Crippen molar-refractivity contribution in [2.45, 2.75) is 62.0 Å². The van der Waals surface area contributed by atoms with Gasteiger partial charge < -0.3 is 36.7 Å². The van der Waals surface area contributed by atoms with E-state index in [1.165, 1.54) is 30.2 Å². The van der Waals surface area contributed by atoms with Crippen molar-refractivity contribution in [2.75, 3.05) is 23.3 Å². The van der Waals surface area contributed by atoms with E-state index in [1.54, 1.807) is 17.5 Å². The maximum Gasteiger partial charge on any atom is 0.352 e. The van der Waals surface area contributed by atoms with Crippen molar-refractivity contribution >= 4 is 69.2 Å². The number of nitrogens with two attached hydrogens (primary N) is 1. The summed E-state index contributed by atoms with van der Waals surface area (Å²) >= 11 is 2.29. The Morgan fingerprint density at radius 1 is 1.20 bits per heavy atom. The van der Waals surface area contributed by atoms with E-state index in [4.69, 9.17) is 10.6 Å². The second-order valence-electron chi connectivity index (χ2n) is 13.2. The second-order valence-corrected chi connectivity index (χ2v) is 15.2. The lowest BCUT2D eigenvalue weighted by Crippen LogP contribution is -2.71. The lowest BCUT2D eigenvalue weighted by molar-refractivity contribution is -0.150. The molecule has 1 unspecified atom stereocenters. The van der Waals surface area contributed by atoms with Crippen LogP contribution in [0, 0.1) is 5.82 Å². The summed E-state index contributed by atoms with van der Waals surface area (Å²) in [6.45, 7) is 0.262. The molecule has 3 aliphatic heterocycles. The minimum atomic E-state index is -1.45. The average molecular weight is 791 g/mol. The highest BCUT2D eigenvalue weighted by Gasteiger charge is 2.55. The zero-order valence-electron chi connectivity index (χ0n) is 29.0. The number of pyridine rings is 1. The number of aromatic hydroxyl groups is 1. The average Bonchev–Trinajstić information content (AvgIpc) is 3.95. The van der Waals surface area contributed by atoms with Gasteiger partial charge in [-0.15, -0.1) is 23.1 Å². The van der Waals surface area contributed by atoms with Crippen LogP contribution in [0.4, 0.5) is 15.2 Å². The third-order valence-electron chi connectivity index (χ3n) is 9.67. The van der Waals surface area contributed by atoms with Crippen LogP contribution in [0.1, 0.15) is 55.7 Å². The largest absolute Gasteiger partial charge is 0.505 e. The summed E-state index contributed by atoms with van der Waals surface area (Å²) in [5.74, 6) is -6.46. The lowest BCUT2D eigenvalue weighted by Gasteiger charge is -2.50. The molecule has 55 heavy (non-hydrogen) atoms. The van der Waals surface area contributed by atoms with E-state index in [2.05, 4.69) is 31.1 Å². The number of carbonyl (C=O) groups excluding carboxylic acids is 4. The number of anilines is 2. The molecule has 0 bridgehead atoms. The van der Waals surface area contributed by atoms with Crippen molar-refractivity contribution in [3.05, 3.63) is 87.6 Å². The molecule has 3 fully saturated rings. The molecule has 0 spiro atoms.